The lowest BCUT2D eigenvalue weighted by molar-refractivity contribution is -0.230. The van der Waals surface area contributed by atoms with E-state index >= 15 is 0 Å². The van der Waals surface area contributed by atoms with Gasteiger partial charge < -0.3 is 20.1 Å². The van der Waals surface area contributed by atoms with Crippen molar-refractivity contribution in [2.45, 2.75) is 150 Å². The molecule has 0 aliphatic heterocycles. The minimum Gasteiger partial charge on any atom is -0.462 e. The van der Waals surface area contributed by atoms with Crippen LogP contribution in [0.4, 0.5) is 0 Å². The Kier molecular flexibility index (Phi) is 7.29. The Morgan fingerprint density at radius 2 is 1.51 bits per heavy atom. The van der Waals surface area contributed by atoms with E-state index in [-0.39, 0.29) is 39.7 Å². The van der Waals surface area contributed by atoms with Crippen LogP contribution >= 0.6 is 0 Å². The Morgan fingerprint density at radius 1 is 0.892 bits per heavy atom. The lowest BCUT2D eigenvalue weighted by atomic mass is 9.35. The van der Waals surface area contributed by atoms with Gasteiger partial charge in [0.05, 0.1) is 17.3 Å². The first-order valence-corrected chi connectivity index (χ1v) is 15.1. The lowest BCUT2D eigenvalue weighted by Crippen LogP contribution is -2.64. The average molecular weight is 521 g/mol. The summed E-state index contributed by atoms with van der Waals surface area (Å²) in [6, 6.07) is 0. The molecule has 0 spiro atoms. The number of aliphatic hydroxyl groups is 3. The third-order valence-corrected chi connectivity index (χ3v) is 13.2. The van der Waals surface area contributed by atoms with Crippen LogP contribution in [0.25, 0.3) is 0 Å². The first-order chi connectivity index (χ1) is 16.8. The van der Waals surface area contributed by atoms with Gasteiger partial charge in [0.2, 0.25) is 0 Å². The Balaban J connectivity index is 1.57. The fourth-order valence-electron chi connectivity index (χ4n) is 10.8. The van der Waals surface area contributed by atoms with Gasteiger partial charge in [-0.1, -0.05) is 34.6 Å². The molecule has 0 saturated heterocycles. The molecular weight excluding hydrogens is 464 g/mol. The first kappa shape index (κ1) is 29.3. The van der Waals surface area contributed by atoms with E-state index in [9.17, 15) is 20.1 Å². The summed E-state index contributed by atoms with van der Waals surface area (Å²) in [6.07, 6.45) is 9.10. The lowest BCUT2D eigenvalue weighted by Gasteiger charge is -2.70. The standard InChI is InChI=1S/C32H56O5/c1-20(33)37-26-15-16-29(6)23(27(26,2)3)13-18-31(8)24(29)11-10-21-22(12-17-30(21,31)7)32(9,36)19-14-25(34)28(4,5)35/h21-26,34-36H,10-19H2,1-9H3/t21-,22+,23+,24-,25?,26-,29+,30-,31-,32?/m1/s1. The molecular formula is C32H56O5. The zero-order valence-corrected chi connectivity index (χ0v) is 25.2. The summed E-state index contributed by atoms with van der Waals surface area (Å²) in [5.74, 6) is 1.73. The zero-order chi connectivity index (χ0) is 27.8. The number of hydrogen-bond acceptors (Lipinski definition) is 5. The molecule has 0 aromatic carbocycles. The van der Waals surface area contributed by atoms with E-state index in [0.29, 0.717) is 30.6 Å². The summed E-state index contributed by atoms with van der Waals surface area (Å²) in [5.41, 5.74) is -1.38. The Morgan fingerprint density at radius 3 is 2.11 bits per heavy atom. The number of aliphatic hydroxyl groups excluding tert-OH is 1. The monoisotopic (exact) mass is 520 g/mol. The number of esters is 1. The fraction of sp³-hybridized carbons (Fsp3) is 0.969. The highest BCUT2D eigenvalue weighted by Gasteiger charge is 2.69. The van der Waals surface area contributed by atoms with E-state index in [4.69, 9.17) is 4.74 Å². The third-order valence-electron chi connectivity index (χ3n) is 13.2. The van der Waals surface area contributed by atoms with Crippen molar-refractivity contribution in [1.82, 2.24) is 0 Å². The molecule has 0 aromatic heterocycles. The van der Waals surface area contributed by atoms with Gasteiger partial charge in [-0.2, -0.15) is 0 Å². The van der Waals surface area contributed by atoms with Crippen LogP contribution in [0.5, 0.6) is 0 Å². The Hall–Kier alpha value is -0.650. The highest BCUT2D eigenvalue weighted by molar-refractivity contribution is 5.66. The predicted octanol–water partition coefficient (Wildman–Crippen LogP) is 6.27. The second-order valence-electron chi connectivity index (χ2n) is 15.8. The predicted molar refractivity (Wildman–Crippen MR) is 147 cm³/mol. The molecule has 0 bridgehead atoms. The summed E-state index contributed by atoms with van der Waals surface area (Å²) in [5, 5.41) is 32.4. The van der Waals surface area contributed by atoms with Crippen molar-refractivity contribution < 1.29 is 24.9 Å². The van der Waals surface area contributed by atoms with E-state index in [0.717, 1.165) is 32.1 Å². The molecule has 2 unspecified atom stereocenters. The fourth-order valence-corrected chi connectivity index (χ4v) is 10.8. The molecule has 4 saturated carbocycles. The van der Waals surface area contributed by atoms with Gasteiger partial charge in [0.1, 0.15) is 6.10 Å². The summed E-state index contributed by atoms with van der Waals surface area (Å²) in [4.78, 5) is 11.9. The highest BCUT2D eigenvalue weighted by Crippen LogP contribution is 2.75. The van der Waals surface area contributed by atoms with Gasteiger partial charge in [-0.15, -0.1) is 0 Å². The maximum atomic E-state index is 11.9. The first-order valence-electron chi connectivity index (χ1n) is 15.1. The van der Waals surface area contributed by atoms with E-state index in [1.54, 1.807) is 20.8 Å². The van der Waals surface area contributed by atoms with Crippen LogP contribution in [-0.2, 0) is 9.53 Å². The quantitative estimate of drug-likeness (QED) is 0.360. The summed E-state index contributed by atoms with van der Waals surface area (Å²) < 4.78 is 5.86. The molecule has 4 aliphatic rings. The zero-order valence-electron chi connectivity index (χ0n) is 25.2. The van der Waals surface area contributed by atoms with Crippen LogP contribution in [0, 0.1) is 45.3 Å². The average Bonchev–Trinajstić information content (AvgIpc) is 3.12. The van der Waals surface area contributed by atoms with Gasteiger partial charge in [0, 0.05) is 12.3 Å². The molecule has 4 fully saturated rings. The van der Waals surface area contributed by atoms with Gasteiger partial charge in [0.15, 0.2) is 0 Å². The number of ether oxygens (including phenoxy) is 1. The highest BCUT2D eigenvalue weighted by atomic mass is 16.5. The van der Waals surface area contributed by atoms with Crippen LogP contribution in [0.3, 0.4) is 0 Å². The van der Waals surface area contributed by atoms with E-state index in [2.05, 4.69) is 34.6 Å². The van der Waals surface area contributed by atoms with Crippen molar-refractivity contribution in [1.29, 1.82) is 0 Å². The topological polar surface area (TPSA) is 87.0 Å². The van der Waals surface area contributed by atoms with Crippen LogP contribution in [0.15, 0.2) is 0 Å². The van der Waals surface area contributed by atoms with Gasteiger partial charge in [-0.05, 0) is 125 Å². The molecule has 0 amide bonds. The van der Waals surface area contributed by atoms with Crippen LogP contribution < -0.4 is 0 Å². The van der Waals surface area contributed by atoms with E-state index in [1.165, 1.54) is 19.3 Å². The normalized spacial score (nSPS) is 45.7. The number of carbonyl (C=O) groups is 1. The van der Waals surface area contributed by atoms with Crippen molar-refractivity contribution in [2.24, 2.45) is 45.3 Å². The largest absolute Gasteiger partial charge is 0.462 e. The number of rotatable bonds is 6. The van der Waals surface area contributed by atoms with Crippen LogP contribution in [-0.4, -0.2) is 44.7 Å². The van der Waals surface area contributed by atoms with Gasteiger partial charge >= 0.3 is 5.97 Å². The molecule has 10 atom stereocenters. The van der Waals surface area contributed by atoms with Crippen LogP contribution in [0.1, 0.15) is 127 Å². The Bertz CT molecular complexity index is 873. The van der Waals surface area contributed by atoms with Gasteiger partial charge in [0.25, 0.3) is 0 Å². The summed E-state index contributed by atoms with van der Waals surface area (Å²) in [6.45, 7) is 19.1. The minimum atomic E-state index is -1.15. The summed E-state index contributed by atoms with van der Waals surface area (Å²) >= 11 is 0. The third kappa shape index (κ3) is 4.51. The number of hydrogen-bond donors (Lipinski definition) is 3. The molecule has 0 heterocycles. The number of fused-ring (bicyclic) bond motifs is 5. The molecule has 5 nitrogen and oxygen atoms in total. The van der Waals surface area contributed by atoms with Crippen molar-refractivity contribution in [2.75, 3.05) is 0 Å². The molecule has 37 heavy (non-hydrogen) atoms. The van der Waals surface area contributed by atoms with E-state index in [1.807, 2.05) is 6.92 Å². The molecule has 4 rings (SSSR count). The van der Waals surface area contributed by atoms with Crippen molar-refractivity contribution in [3.8, 4) is 0 Å². The SMILES string of the molecule is CC(=O)O[C@@H]1CC[C@]2(C)[C@H]3CC[C@@H]4[C@@H](C(C)(O)CCC(O)C(C)(C)O)CC[C@@]4(C)[C@]3(C)CC[C@H]2C1(C)C. The van der Waals surface area contributed by atoms with Crippen molar-refractivity contribution in [3.05, 3.63) is 0 Å². The molecule has 0 radical (unpaired) electrons. The maximum Gasteiger partial charge on any atom is 0.302 e. The molecule has 3 N–H and O–H groups in total. The van der Waals surface area contributed by atoms with Gasteiger partial charge in [-0.3, -0.25) is 4.79 Å². The smallest absolute Gasteiger partial charge is 0.302 e. The minimum absolute atomic E-state index is 0.00423. The van der Waals surface area contributed by atoms with Crippen molar-refractivity contribution in [3.63, 3.8) is 0 Å². The molecule has 5 heteroatoms. The summed E-state index contributed by atoms with van der Waals surface area (Å²) in [7, 11) is 0. The second-order valence-corrected chi connectivity index (χ2v) is 15.8. The van der Waals surface area contributed by atoms with Crippen molar-refractivity contribution >= 4 is 5.97 Å². The number of carbonyl (C=O) groups excluding carboxylic acids is 1. The second kappa shape index (κ2) is 9.20. The van der Waals surface area contributed by atoms with E-state index < -0.39 is 17.3 Å². The van der Waals surface area contributed by atoms with Crippen LogP contribution in [0.2, 0.25) is 0 Å². The maximum absolute atomic E-state index is 11.9. The molecule has 4 aliphatic carbocycles. The molecule has 214 valence electrons. The Labute approximate surface area is 226 Å². The molecule has 0 aromatic rings. The van der Waals surface area contributed by atoms with Gasteiger partial charge in [-0.25, -0.2) is 0 Å².